The summed E-state index contributed by atoms with van der Waals surface area (Å²) < 4.78 is 6.69. The van der Waals surface area contributed by atoms with Gasteiger partial charge in [-0.1, -0.05) is 58.9 Å². The second kappa shape index (κ2) is 7.47. The van der Waals surface area contributed by atoms with Gasteiger partial charge in [0, 0.05) is 5.92 Å². The molecule has 2 aromatic rings. The molecule has 26 heavy (non-hydrogen) atoms. The molecule has 0 radical (unpaired) electrons. The fourth-order valence-corrected chi connectivity index (χ4v) is 4.27. The fourth-order valence-electron chi connectivity index (χ4n) is 4.27. The number of fused-ring (bicyclic) bond motifs is 1. The molecule has 0 amide bonds. The quantitative estimate of drug-likeness (QED) is 0.580. The normalized spacial score (nSPS) is 19.6. The van der Waals surface area contributed by atoms with Crippen LogP contribution >= 0.6 is 0 Å². The van der Waals surface area contributed by atoms with Crippen LogP contribution < -0.4 is 4.74 Å². The minimum atomic E-state index is 0.147. The van der Waals surface area contributed by atoms with Crippen molar-refractivity contribution in [3.63, 3.8) is 0 Å². The van der Waals surface area contributed by atoms with Crippen LogP contribution in [0, 0.1) is 25.7 Å². The molecule has 3 rings (SSSR count). The number of aryl methyl sites for hydroxylation is 3. The van der Waals surface area contributed by atoms with Gasteiger partial charge in [0.1, 0.15) is 11.9 Å². The summed E-state index contributed by atoms with van der Waals surface area (Å²) >= 11 is 0. The van der Waals surface area contributed by atoms with E-state index >= 15 is 0 Å². The molecule has 1 aliphatic rings. The molecule has 0 fully saturated rings. The minimum Gasteiger partial charge on any atom is -0.485 e. The van der Waals surface area contributed by atoms with Crippen LogP contribution in [0.25, 0.3) is 0 Å². The van der Waals surface area contributed by atoms with Crippen LogP contribution in [0.2, 0.25) is 0 Å². The maximum absolute atomic E-state index is 6.69. The first-order valence-electron chi connectivity index (χ1n) is 10.2. The second-order valence-electron chi connectivity index (χ2n) is 8.66. The zero-order valence-electron chi connectivity index (χ0n) is 17.5. The van der Waals surface area contributed by atoms with Gasteiger partial charge in [0.2, 0.25) is 0 Å². The highest BCUT2D eigenvalue weighted by Crippen LogP contribution is 2.44. The predicted octanol–water partition coefficient (Wildman–Crippen LogP) is 6.94. The molecule has 2 atom stereocenters. The molecule has 0 N–H and O–H groups in total. The molecule has 1 nitrogen and oxygen atoms in total. The van der Waals surface area contributed by atoms with Crippen LogP contribution in [-0.2, 0) is 12.8 Å². The van der Waals surface area contributed by atoms with Crippen LogP contribution in [0.1, 0.15) is 80.0 Å². The molecule has 0 aliphatic carbocycles. The van der Waals surface area contributed by atoms with Gasteiger partial charge in [0.05, 0.1) is 0 Å². The van der Waals surface area contributed by atoms with Crippen molar-refractivity contribution in [3.8, 4) is 5.75 Å². The Balaban J connectivity index is 2.04. The third-order valence-corrected chi connectivity index (χ3v) is 6.14. The van der Waals surface area contributed by atoms with Gasteiger partial charge in [-0.2, -0.15) is 0 Å². The molecule has 1 heteroatoms. The van der Waals surface area contributed by atoms with E-state index in [0.717, 1.165) is 18.6 Å². The van der Waals surface area contributed by atoms with Crippen LogP contribution in [0.4, 0.5) is 0 Å². The Morgan fingerprint density at radius 2 is 1.73 bits per heavy atom. The Hall–Kier alpha value is -1.76. The average Bonchev–Trinajstić information content (AvgIpc) is 2.60. The fraction of sp³-hybridized carbons (Fsp3) is 0.520. The van der Waals surface area contributed by atoms with Crippen molar-refractivity contribution in [1.82, 2.24) is 0 Å². The largest absolute Gasteiger partial charge is 0.485 e. The Labute approximate surface area is 159 Å². The van der Waals surface area contributed by atoms with Crippen molar-refractivity contribution < 1.29 is 4.74 Å². The number of hydrogen-bond donors (Lipinski definition) is 0. The number of rotatable bonds is 4. The van der Waals surface area contributed by atoms with Crippen LogP contribution in [0.15, 0.2) is 30.3 Å². The Morgan fingerprint density at radius 3 is 2.31 bits per heavy atom. The summed E-state index contributed by atoms with van der Waals surface area (Å²) in [6, 6.07) is 11.6. The van der Waals surface area contributed by atoms with Crippen LogP contribution in [0.5, 0.6) is 5.75 Å². The van der Waals surface area contributed by atoms with Crippen molar-refractivity contribution in [2.75, 3.05) is 0 Å². The van der Waals surface area contributed by atoms with E-state index in [0.29, 0.717) is 17.8 Å². The van der Waals surface area contributed by atoms with Crippen molar-refractivity contribution in [1.29, 1.82) is 0 Å². The first-order valence-corrected chi connectivity index (χ1v) is 10.2. The van der Waals surface area contributed by atoms with Gasteiger partial charge in [-0.05, 0) is 78.0 Å². The standard InChI is InChI=1S/C25H34O/c1-8-19-9-10-20(11-17(19)6)25-22(16(4)5)14-23-18(7)12-21(15(2)3)13-24(23)26-25/h9-13,15-16,22,25H,8,14H2,1-7H3/t22?,25-/m1/s1. The Morgan fingerprint density at radius 1 is 1.00 bits per heavy atom. The van der Waals surface area contributed by atoms with E-state index in [1.165, 1.54) is 33.4 Å². The lowest BCUT2D eigenvalue weighted by Crippen LogP contribution is -2.30. The van der Waals surface area contributed by atoms with E-state index < -0.39 is 0 Å². The smallest absolute Gasteiger partial charge is 0.127 e. The molecule has 1 aliphatic heterocycles. The summed E-state index contributed by atoms with van der Waals surface area (Å²) in [7, 11) is 0. The lowest BCUT2D eigenvalue weighted by molar-refractivity contribution is 0.0846. The summed E-state index contributed by atoms with van der Waals surface area (Å²) in [5, 5.41) is 0. The first-order chi connectivity index (χ1) is 12.3. The van der Waals surface area contributed by atoms with Gasteiger partial charge < -0.3 is 4.74 Å². The minimum absolute atomic E-state index is 0.147. The van der Waals surface area contributed by atoms with Gasteiger partial charge in [0.25, 0.3) is 0 Å². The van der Waals surface area contributed by atoms with E-state index in [4.69, 9.17) is 4.74 Å². The number of ether oxygens (including phenoxy) is 1. The number of hydrogen-bond acceptors (Lipinski definition) is 1. The van der Waals surface area contributed by atoms with E-state index in [-0.39, 0.29) is 6.10 Å². The molecular formula is C25H34O. The van der Waals surface area contributed by atoms with Gasteiger partial charge in [-0.3, -0.25) is 0 Å². The molecule has 1 heterocycles. The maximum Gasteiger partial charge on any atom is 0.127 e. The summed E-state index contributed by atoms with van der Waals surface area (Å²) in [5.41, 5.74) is 8.31. The molecule has 2 aromatic carbocycles. The zero-order chi connectivity index (χ0) is 19.0. The molecule has 0 spiro atoms. The average molecular weight is 351 g/mol. The molecule has 0 saturated carbocycles. The molecular weight excluding hydrogens is 316 g/mol. The van der Waals surface area contributed by atoms with E-state index in [1.807, 2.05) is 0 Å². The summed E-state index contributed by atoms with van der Waals surface area (Å²) in [6.07, 6.45) is 2.34. The SMILES string of the molecule is CCc1ccc([C@H]2Oc3cc(C(C)C)cc(C)c3CC2C(C)C)cc1C. The van der Waals surface area contributed by atoms with E-state index in [1.54, 1.807) is 0 Å². The summed E-state index contributed by atoms with van der Waals surface area (Å²) in [4.78, 5) is 0. The van der Waals surface area contributed by atoms with Gasteiger partial charge in [-0.15, -0.1) is 0 Å². The van der Waals surface area contributed by atoms with E-state index in [2.05, 4.69) is 78.8 Å². The monoisotopic (exact) mass is 350 g/mol. The second-order valence-corrected chi connectivity index (χ2v) is 8.66. The first kappa shape index (κ1) is 19.0. The van der Waals surface area contributed by atoms with Crippen molar-refractivity contribution in [2.24, 2.45) is 11.8 Å². The molecule has 0 saturated heterocycles. The lowest BCUT2D eigenvalue weighted by atomic mass is 9.78. The molecule has 140 valence electrons. The Bertz CT molecular complexity index is 785. The van der Waals surface area contributed by atoms with Crippen molar-refractivity contribution in [3.05, 3.63) is 63.7 Å². The highest BCUT2D eigenvalue weighted by atomic mass is 16.5. The van der Waals surface area contributed by atoms with Gasteiger partial charge in [0.15, 0.2) is 0 Å². The van der Waals surface area contributed by atoms with Gasteiger partial charge >= 0.3 is 0 Å². The Kier molecular flexibility index (Phi) is 5.46. The maximum atomic E-state index is 6.69. The highest BCUT2D eigenvalue weighted by molar-refractivity contribution is 5.47. The van der Waals surface area contributed by atoms with Crippen LogP contribution in [-0.4, -0.2) is 0 Å². The third-order valence-electron chi connectivity index (χ3n) is 6.14. The summed E-state index contributed by atoms with van der Waals surface area (Å²) in [6.45, 7) is 15.9. The lowest BCUT2D eigenvalue weighted by Gasteiger charge is -2.37. The van der Waals surface area contributed by atoms with Crippen LogP contribution in [0.3, 0.4) is 0 Å². The topological polar surface area (TPSA) is 9.23 Å². The molecule has 0 bridgehead atoms. The zero-order valence-corrected chi connectivity index (χ0v) is 17.5. The van der Waals surface area contributed by atoms with Crippen molar-refractivity contribution in [2.45, 2.75) is 73.3 Å². The van der Waals surface area contributed by atoms with Crippen molar-refractivity contribution >= 4 is 0 Å². The summed E-state index contributed by atoms with van der Waals surface area (Å²) in [5.74, 6) is 2.73. The highest BCUT2D eigenvalue weighted by Gasteiger charge is 2.34. The van der Waals surface area contributed by atoms with Gasteiger partial charge in [-0.25, -0.2) is 0 Å². The molecule has 0 aromatic heterocycles. The number of benzene rings is 2. The third kappa shape index (κ3) is 3.54. The molecule has 1 unspecified atom stereocenters. The van der Waals surface area contributed by atoms with E-state index in [9.17, 15) is 0 Å². The predicted molar refractivity (Wildman–Crippen MR) is 111 cm³/mol.